The Kier molecular flexibility index (Phi) is 32.1. The Bertz CT molecular complexity index is 2960. The minimum absolute atomic E-state index is 0.0678. The van der Waals surface area contributed by atoms with E-state index in [0.29, 0.717) is 77.4 Å². The summed E-state index contributed by atoms with van der Waals surface area (Å²) in [5.41, 5.74) is 1.03. The molecule has 0 heterocycles. The average Bonchev–Trinajstić information content (AvgIpc) is 0.728. The summed E-state index contributed by atoms with van der Waals surface area (Å²) in [6.45, 7) is 23.5. The van der Waals surface area contributed by atoms with Gasteiger partial charge in [0, 0.05) is 0 Å². The fourth-order valence-corrected chi connectivity index (χ4v) is 6.56. The number of benzene rings is 6. The van der Waals surface area contributed by atoms with E-state index in [1.807, 2.05) is 13.8 Å². The van der Waals surface area contributed by atoms with Crippen LogP contribution in [0.4, 0.5) is 52.7 Å². The molecule has 498 valence electrons. The van der Waals surface area contributed by atoms with Crippen LogP contribution in [0.15, 0.2) is 172 Å². The van der Waals surface area contributed by atoms with Gasteiger partial charge in [0.05, 0.1) is 50.7 Å². The van der Waals surface area contributed by atoms with Gasteiger partial charge in [0.1, 0.15) is 51.7 Å². The fraction of sp³-hybridized carbons (Fsp3) is 0.358. The van der Waals surface area contributed by atoms with Gasteiger partial charge >= 0.3 is 53.9 Å². The summed E-state index contributed by atoms with van der Waals surface area (Å²) in [4.78, 5) is 36.5. The highest BCUT2D eigenvalue weighted by atomic mass is 19.4. The first kappa shape index (κ1) is 78.3. The molecule has 0 bridgehead atoms. The molecule has 0 aromatic heterocycles. The Labute approximate surface area is 521 Å². The molecule has 0 radical (unpaired) electrons. The van der Waals surface area contributed by atoms with Crippen molar-refractivity contribution in [2.75, 3.05) is 40.6 Å². The number of methoxy groups -OCH3 is 2. The molecule has 0 saturated heterocycles. The van der Waals surface area contributed by atoms with E-state index in [4.69, 9.17) is 37.9 Å². The van der Waals surface area contributed by atoms with Crippen molar-refractivity contribution >= 4 is 17.9 Å². The van der Waals surface area contributed by atoms with E-state index in [-0.39, 0.29) is 11.3 Å². The van der Waals surface area contributed by atoms with Gasteiger partial charge in [-0.05, 0) is 163 Å². The van der Waals surface area contributed by atoms with E-state index in [1.54, 1.807) is 111 Å². The molecule has 0 aliphatic rings. The van der Waals surface area contributed by atoms with Gasteiger partial charge in [-0.15, -0.1) is 26.3 Å². The van der Waals surface area contributed by atoms with E-state index < -0.39 is 66.3 Å². The summed E-state index contributed by atoms with van der Waals surface area (Å²) < 4.78 is 206. The summed E-state index contributed by atoms with van der Waals surface area (Å²) in [6.07, 6.45) is -2.54. The lowest BCUT2D eigenvalue weighted by Crippen LogP contribution is -2.69. The van der Waals surface area contributed by atoms with E-state index in [1.165, 1.54) is 24.3 Å². The van der Waals surface area contributed by atoms with Crippen molar-refractivity contribution in [3.63, 3.8) is 0 Å². The second-order valence-electron chi connectivity index (χ2n) is 19.7. The second kappa shape index (κ2) is 37.4. The molecule has 0 N–H and O–H groups in total. The predicted molar refractivity (Wildman–Crippen MR) is 320 cm³/mol. The average molecular weight is 1300 g/mol. The summed E-state index contributed by atoms with van der Waals surface area (Å²) >= 11 is 0. The lowest BCUT2D eigenvalue weighted by molar-refractivity contribution is -0.414. The first-order chi connectivity index (χ1) is 42.9. The molecule has 3 atom stereocenters. The van der Waals surface area contributed by atoms with Crippen LogP contribution in [0.5, 0.6) is 51.7 Å². The Balaban J connectivity index is 0.000000481. The predicted octanol–water partition coefficient (Wildman–Crippen LogP) is 18.4. The molecule has 0 amide bonds. The van der Waals surface area contributed by atoms with Crippen LogP contribution in [-0.4, -0.2) is 94.6 Å². The van der Waals surface area contributed by atoms with Crippen molar-refractivity contribution in [2.24, 2.45) is 17.8 Å². The highest BCUT2D eigenvalue weighted by Gasteiger charge is 2.88. The maximum absolute atomic E-state index is 13.9. The van der Waals surface area contributed by atoms with Gasteiger partial charge in [-0.3, -0.25) is 0 Å². The van der Waals surface area contributed by atoms with Crippen molar-refractivity contribution in [1.29, 1.82) is 0 Å². The molecule has 3 unspecified atom stereocenters. The van der Waals surface area contributed by atoms with Gasteiger partial charge < -0.3 is 42.6 Å². The molecule has 12 nitrogen and oxygen atoms in total. The van der Waals surface area contributed by atoms with Crippen LogP contribution in [0.3, 0.4) is 0 Å². The van der Waals surface area contributed by atoms with Gasteiger partial charge in [0.25, 0.3) is 0 Å². The van der Waals surface area contributed by atoms with Crippen LogP contribution in [-0.2, 0) is 0 Å². The number of carbonyl (C=O) groups is 3. The topological polar surface area (TPSA) is 134 Å². The quantitative estimate of drug-likeness (QED) is 0.0200. The molecule has 0 aliphatic carbocycles. The minimum atomic E-state index is -7.64. The fourth-order valence-electron chi connectivity index (χ4n) is 6.56. The van der Waals surface area contributed by atoms with Gasteiger partial charge in [-0.1, -0.05) is 60.8 Å². The van der Waals surface area contributed by atoms with Crippen molar-refractivity contribution < 1.29 is 110 Å². The molecule has 0 fully saturated rings. The zero-order valence-corrected chi connectivity index (χ0v) is 51.4. The van der Waals surface area contributed by atoms with Crippen LogP contribution in [0.2, 0.25) is 0 Å². The highest BCUT2D eigenvalue weighted by molar-refractivity contribution is 5.92. The normalized spacial score (nSPS) is 12.3. The van der Waals surface area contributed by atoms with Crippen LogP contribution in [0, 0.1) is 17.8 Å². The van der Waals surface area contributed by atoms with E-state index in [9.17, 15) is 67.1 Å². The Morgan fingerprint density at radius 2 is 0.593 bits per heavy atom. The van der Waals surface area contributed by atoms with Gasteiger partial charge in [-0.2, -0.15) is 43.9 Å². The zero-order chi connectivity index (χ0) is 68.8. The van der Waals surface area contributed by atoms with Gasteiger partial charge in [-0.25, -0.2) is 23.2 Å². The Morgan fingerprint density at radius 3 is 0.835 bits per heavy atom. The minimum Gasteiger partial charge on any atom is -0.497 e. The summed E-state index contributed by atoms with van der Waals surface area (Å²) in [6, 6.07) is 36.8. The summed E-state index contributed by atoms with van der Waals surface area (Å²) in [5.74, 6) is -32.8. The Hall–Kier alpha value is -8.83. The van der Waals surface area contributed by atoms with Crippen LogP contribution in [0.25, 0.3) is 0 Å². The third-order valence-corrected chi connectivity index (χ3v) is 12.9. The maximum atomic E-state index is 13.9. The highest BCUT2D eigenvalue weighted by Crippen LogP contribution is 2.58. The molecule has 0 aliphatic heterocycles. The third-order valence-electron chi connectivity index (χ3n) is 12.9. The molecular weight excluding hydrogens is 1220 g/mol. The number of hydrogen-bond donors (Lipinski definition) is 0. The number of esters is 3. The van der Waals surface area contributed by atoms with Gasteiger partial charge in [0.2, 0.25) is 0 Å². The monoisotopic (exact) mass is 1300 g/mol. The second-order valence-corrected chi connectivity index (χ2v) is 19.7. The third kappa shape index (κ3) is 23.2. The molecule has 6 aromatic rings. The molecule has 0 saturated carbocycles. The lowest BCUT2D eigenvalue weighted by Gasteiger charge is -2.39. The number of carbonyl (C=O) groups excluding carboxylic acids is 3. The van der Waals surface area contributed by atoms with E-state index >= 15 is 0 Å². The van der Waals surface area contributed by atoms with Crippen molar-refractivity contribution in [1.82, 2.24) is 0 Å². The molecule has 0 spiro atoms. The molecule has 6 aromatic carbocycles. The first-order valence-corrected chi connectivity index (χ1v) is 28.0. The van der Waals surface area contributed by atoms with E-state index in [2.05, 4.69) is 58.7 Å². The first-order valence-electron chi connectivity index (χ1n) is 28.0. The standard InChI is InChI=1S/C25H22F12O4.2C19H22O4.2C2H4/c1-3-14(2)12-39-16-6-4-15(5-7-16)19(38)41-18-10-8-17(9-11-18)40-13-21(28,29)23(32,33)25(36,37)24(34,35)22(30,31)20(26)27;2*1-4-14(2)13-22-17-7-5-15(6-8-17)19(20)23-18-11-9-16(21-3)10-12-18;2*1-2/h4-11,14,20H,3,12-13H2,1-2H3;2*5-12,14H,4,13H2,1-3H3;2*1-2H2. The summed E-state index contributed by atoms with van der Waals surface area (Å²) in [7, 11) is 3.18. The van der Waals surface area contributed by atoms with Gasteiger partial charge in [0.15, 0.2) is 6.61 Å². The number of alkyl halides is 12. The maximum Gasteiger partial charge on any atom is 0.384 e. The number of halogens is 12. The largest absolute Gasteiger partial charge is 0.497 e. The molecular formula is C67H74F12O12. The molecule has 91 heavy (non-hydrogen) atoms. The van der Waals surface area contributed by atoms with Crippen molar-refractivity contribution in [3.05, 3.63) is 189 Å². The molecule has 24 heteroatoms. The summed E-state index contributed by atoms with van der Waals surface area (Å²) in [5, 5.41) is 0. The molecule has 6 rings (SSSR count). The number of rotatable bonds is 28. The smallest absolute Gasteiger partial charge is 0.384 e. The SMILES string of the molecule is C=C.C=C.CCC(C)COc1ccc(C(=O)Oc2ccc(OC)cc2)cc1.CCC(C)COc1ccc(C(=O)Oc2ccc(OC)cc2)cc1.CCC(C)COc1ccc(C(=O)Oc2ccc(OCC(F)(F)C(F)(F)C(F)(F)C(F)(F)C(F)(F)C(F)F)cc2)cc1. The Morgan fingerprint density at radius 1 is 0.363 bits per heavy atom. The van der Waals surface area contributed by atoms with Crippen LogP contribution in [0.1, 0.15) is 91.9 Å². The van der Waals surface area contributed by atoms with Crippen LogP contribution >= 0.6 is 0 Å². The van der Waals surface area contributed by atoms with Crippen molar-refractivity contribution in [3.8, 4) is 51.7 Å². The van der Waals surface area contributed by atoms with E-state index in [0.717, 1.165) is 55.0 Å². The van der Waals surface area contributed by atoms with Crippen molar-refractivity contribution in [2.45, 2.75) is 96.8 Å². The lowest BCUT2D eigenvalue weighted by atomic mass is 9.94. The zero-order valence-electron chi connectivity index (χ0n) is 51.4. The number of ether oxygens (including phenoxy) is 9. The van der Waals surface area contributed by atoms with Crippen LogP contribution < -0.4 is 42.6 Å². The number of hydrogen-bond acceptors (Lipinski definition) is 12.